The van der Waals surface area contributed by atoms with E-state index in [2.05, 4.69) is 21.0 Å². The summed E-state index contributed by atoms with van der Waals surface area (Å²) in [4.78, 5) is 20.1. The first-order valence-electron chi connectivity index (χ1n) is 8.28. The fraction of sp³-hybridized carbons (Fsp3) is 0.688. The van der Waals surface area contributed by atoms with E-state index in [-0.39, 0.29) is 11.6 Å². The Labute approximate surface area is 153 Å². The van der Waals surface area contributed by atoms with Gasteiger partial charge in [-0.25, -0.2) is 14.3 Å². The molecule has 2 aliphatic rings. The molecule has 3 heterocycles. The molecule has 2 aromatic rings. The Morgan fingerprint density at radius 1 is 1.46 bits per heavy atom. The van der Waals surface area contributed by atoms with Crippen molar-refractivity contribution >= 4 is 38.3 Å². The second-order valence-corrected chi connectivity index (χ2v) is 10.0. The van der Waals surface area contributed by atoms with Gasteiger partial charge in [-0.2, -0.15) is 0 Å². The monoisotopic (exact) mass is 412 g/mol. The Morgan fingerprint density at radius 2 is 2.21 bits per heavy atom. The van der Waals surface area contributed by atoms with Gasteiger partial charge in [-0.05, 0) is 62.4 Å². The number of hydrogen-bond acceptors (Lipinski definition) is 5. The highest BCUT2D eigenvalue weighted by Crippen LogP contribution is 2.52. The minimum Gasteiger partial charge on any atom is -0.444 e. The topological polar surface area (TPSA) is 59.7 Å². The van der Waals surface area contributed by atoms with E-state index in [0.29, 0.717) is 5.92 Å². The summed E-state index contributed by atoms with van der Waals surface area (Å²) in [5.41, 5.74) is 0.629. The molecule has 1 amide bonds. The molecule has 1 aliphatic carbocycles. The fourth-order valence-corrected chi connectivity index (χ4v) is 4.78. The first-order chi connectivity index (χ1) is 11.3. The van der Waals surface area contributed by atoms with Gasteiger partial charge < -0.3 is 9.64 Å². The molecule has 6 nitrogen and oxygen atoms in total. The zero-order chi connectivity index (χ0) is 17.1. The van der Waals surface area contributed by atoms with E-state index in [9.17, 15) is 4.79 Å². The molecule has 2 aromatic heterocycles. The van der Waals surface area contributed by atoms with Crippen molar-refractivity contribution in [2.45, 2.75) is 63.5 Å². The largest absolute Gasteiger partial charge is 0.444 e. The van der Waals surface area contributed by atoms with Crippen molar-refractivity contribution in [3.05, 3.63) is 15.8 Å². The van der Waals surface area contributed by atoms with Crippen LogP contribution in [-0.4, -0.2) is 43.3 Å². The molecule has 1 unspecified atom stereocenters. The molecule has 1 saturated heterocycles. The number of rotatable bonds is 1. The normalized spacial score (nSPS) is 23.0. The van der Waals surface area contributed by atoms with E-state index in [0.717, 1.165) is 46.8 Å². The highest BCUT2D eigenvalue weighted by atomic mass is 79.9. The number of fused-ring (bicyclic) bond motifs is 1. The molecule has 8 heteroatoms. The predicted molar refractivity (Wildman–Crippen MR) is 95.4 cm³/mol. The highest BCUT2D eigenvalue weighted by Gasteiger charge is 2.54. The summed E-state index contributed by atoms with van der Waals surface area (Å²) in [6.45, 7) is 6.49. The quantitative estimate of drug-likeness (QED) is 0.703. The molecule has 24 heavy (non-hydrogen) atoms. The Kier molecular flexibility index (Phi) is 3.69. The van der Waals surface area contributed by atoms with Crippen molar-refractivity contribution in [2.75, 3.05) is 6.54 Å². The molecule has 0 radical (unpaired) electrons. The molecule has 130 valence electrons. The van der Waals surface area contributed by atoms with Crippen molar-refractivity contribution in [2.24, 2.45) is 0 Å². The van der Waals surface area contributed by atoms with Crippen LogP contribution < -0.4 is 0 Å². The fourth-order valence-electron chi connectivity index (χ4n) is 3.56. The summed E-state index contributed by atoms with van der Waals surface area (Å²) < 4.78 is 8.28. The van der Waals surface area contributed by atoms with Gasteiger partial charge in [-0.15, -0.1) is 5.10 Å². The van der Waals surface area contributed by atoms with Gasteiger partial charge in [-0.1, -0.05) is 11.3 Å². The van der Waals surface area contributed by atoms with Gasteiger partial charge in [0, 0.05) is 18.0 Å². The molecule has 1 spiro atoms. The molecule has 0 aromatic carbocycles. The van der Waals surface area contributed by atoms with Crippen molar-refractivity contribution in [1.29, 1.82) is 0 Å². The van der Waals surface area contributed by atoms with Crippen LogP contribution >= 0.6 is 27.3 Å². The molecule has 1 atom stereocenters. The van der Waals surface area contributed by atoms with Crippen LogP contribution in [0.15, 0.2) is 10.1 Å². The van der Waals surface area contributed by atoms with Crippen molar-refractivity contribution < 1.29 is 9.53 Å². The predicted octanol–water partition coefficient (Wildman–Crippen LogP) is 4.20. The van der Waals surface area contributed by atoms with Crippen LogP contribution in [0, 0.1) is 0 Å². The zero-order valence-corrected chi connectivity index (χ0v) is 16.5. The minimum absolute atomic E-state index is 0.0176. The van der Waals surface area contributed by atoms with Crippen molar-refractivity contribution in [3.63, 3.8) is 0 Å². The van der Waals surface area contributed by atoms with E-state index in [1.807, 2.05) is 36.4 Å². The number of imidazole rings is 1. The standard InChI is InChI=1S/C16H21BrN4O2S/c1-15(2,3)23-14(22)20-7-4-10(8-16(20)5-6-16)11-9-21-13(18-11)24-12(17)19-21/h9-10H,4-8H2,1-3H3. The third kappa shape index (κ3) is 2.94. The molecule has 2 fully saturated rings. The third-order valence-electron chi connectivity index (χ3n) is 4.80. The van der Waals surface area contributed by atoms with E-state index in [4.69, 9.17) is 9.72 Å². The van der Waals surface area contributed by atoms with Crippen LogP contribution in [0.3, 0.4) is 0 Å². The maximum Gasteiger partial charge on any atom is 0.410 e. The lowest BCUT2D eigenvalue weighted by molar-refractivity contribution is 0.00359. The van der Waals surface area contributed by atoms with E-state index in [1.165, 1.54) is 11.3 Å². The maximum atomic E-state index is 12.5. The molecular formula is C16H21BrN4O2S. The van der Waals surface area contributed by atoms with Gasteiger partial charge in [0.25, 0.3) is 0 Å². The van der Waals surface area contributed by atoms with Gasteiger partial charge in [-0.3, -0.25) is 0 Å². The van der Waals surface area contributed by atoms with E-state index in [1.54, 1.807) is 0 Å². The number of halogens is 1. The molecule has 4 rings (SSSR count). The molecule has 1 saturated carbocycles. The lowest BCUT2D eigenvalue weighted by Crippen LogP contribution is -2.49. The Balaban J connectivity index is 1.51. The van der Waals surface area contributed by atoms with Gasteiger partial charge in [0.1, 0.15) is 5.60 Å². The number of aromatic nitrogens is 3. The van der Waals surface area contributed by atoms with Crippen LogP contribution in [0.4, 0.5) is 4.79 Å². The summed E-state index contributed by atoms with van der Waals surface area (Å²) in [6, 6.07) is 0. The van der Waals surface area contributed by atoms with E-state index < -0.39 is 5.60 Å². The van der Waals surface area contributed by atoms with Crippen molar-refractivity contribution in [1.82, 2.24) is 19.5 Å². The second kappa shape index (κ2) is 5.42. The summed E-state index contributed by atoms with van der Waals surface area (Å²) in [6.07, 6.45) is 5.88. The lowest BCUT2D eigenvalue weighted by atomic mass is 9.87. The van der Waals surface area contributed by atoms with E-state index >= 15 is 0 Å². The maximum absolute atomic E-state index is 12.5. The molecular weight excluding hydrogens is 392 g/mol. The molecule has 0 N–H and O–H groups in total. The Morgan fingerprint density at radius 3 is 2.83 bits per heavy atom. The molecule has 1 aliphatic heterocycles. The number of carbonyl (C=O) groups is 1. The average molecular weight is 413 g/mol. The Bertz CT molecular complexity index is 758. The van der Waals surface area contributed by atoms with Crippen LogP contribution in [0.25, 0.3) is 4.96 Å². The summed E-state index contributed by atoms with van der Waals surface area (Å²) >= 11 is 4.93. The Hall–Kier alpha value is -1.15. The van der Waals surface area contributed by atoms with Gasteiger partial charge in [0.05, 0.1) is 11.9 Å². The first kappa shape index (κ1) is 16.3. The number of hydrogen-bond donors (Lipinski definition) is 0. The third-order valence-corrected chi connectivity index (χ3v) is 6.15. The van der Waals surface area contributed by atoms with Crippen LogP contribution in [0.1, 0.15) is 58.1 Å². The van der Waals surface area contributed by atoms with Crippen molar-refractivity contribution in [3.8, 4) is 0 Å². The van der Waals surface area contributed by atoms with Gasteiger partial charge >= 0.3 is 6.09 Å². The molecule has 0 bridgehead atoms. The summed E-state index contributed by atoms with van der Waals surface area (Å²) in [5, 5.41) is 4.37. The van der Waals surface area contributed by atoms with Gasteiger partial charge in [0.15, 0.2) is 3.92 Å². The number of likely N-dealkylation sites (tertiary alicyclic amines) is 1. The van der Waals surface area contributed by atoms with Gasteiger partial charge in [0.2, 0.25) is 4.96 Å². The lowest BCUT2D eigenvalue weighted by Gasteiger charge is -2.40. The zero-order valence-electron chi connectivity index (χ0n) is 14.1. The summed E-state index contributed by atoms with van der Waals surface area (Å²) in [5.74, 6) is 0.388. The smallest absolute Gasteiger partial charge is 0.410 e. The first-order valence-corrected chi connectivity index (χ1v) is 9.89. The minimum atomic E-state index is -0.447. The SMILES string of the molecule is CC(C)(C)OC(=O)N1CCC(c2cn3nc(Br)sc3n2)CC12CC2. The number of piperidine rings is 1. The highest BCUT2D eigenvalue weighted by molar-refractivity contribution is 9.11. The number of carbonyl (C=O) groups excluding carboxylic acids is 1. The summed E-state index contributed by atoms with van der Waals surface area (Å²) in [7, 11) is 0. The average Bonchev–Trinajstić information content (AvgIpc) is 2.95. The number of nitrogens with zero attached hydrogens (tertiary/aromatic N) is 4. The van der Waals surface area contributed by atoms with Crippen LogP contribution in [-0.2, 0) is 4.74 Å². The number of amides is 1. The van der Waals surface area contributed by atoms with Crippen LogP contribution in [0.5, 0.6) is 0 Å². The second-order valence-electron chi connectivity index (χ2n) is 7.79. The van der Waals surface area contributed by atoms with Crippen LogP contribution in [0.2, 0.25) is 0 Å². The number of ether oxygens (including phenoxy) is 1.